The highest BCUT2D eigenvalue weighted by Crippen LogP contribution is 2.28. The highest BCUT2D eigenvalue weighted by molar-refractivity contribution is 9.10. The van der Waals surface area contributed by atoms with Crippen molar-refractivity contribution in [2.75, 3.05) is 19.4 Å². The lowest BCUT2D eigenvalue weighted by Crippen LogP contribution is -2.10. The van der Waals surface area contributed by atoms with E-state index >= 15 is 0 Å². The third kappa shape index (κ3) is 4.54. The Bertz CT molecular complexity index is 657. The van der Waals surface area contributed by atoms with E-state index in [0.717, 1.165) is 12.1 Å². The molecule has 0 bridgehead atoms. The van der Waals surface area contributed by atoms with Crippen LogP contribution >= 0.6 is 15.9 Å². The van der Waals surface area contributed by atoms with Gasteiger partial charge in [0.15, 0.2) is 0 Å². The van der Waals surface area contributed by atoms with Gasteiger partial charge in [-0.1, -0.05) is 40.2 Å². The fourth-order valence-electron chi connectivity index (χ4n) is 2.13. The van der Waals surface area contributed by atoms with Crippen molar-refractivity contribution in [2.24, 2.45) is 0 Å². The van der Waals surface area contributed by atoms with E-state index < -0.39 is 0 Å². The molecule has 0 saturated carbocycles. The van der Waals surface area contributed by atoms with E-state index in [2.05, 4.69) is 38.3 Å². The molecule has 0 aliphatic heterocycles. The summed E-state index contributed by atoms with van der Waals surface area (Å²) in [5.41, 5.74) is 2.91. The van der Waals surface area contributed by atoms with E-state index in [4.69, 9.17) is 0 Å². The average molecular weight is 364 g/mol. The molecule has 1 N–H and O–H groups in total. The molecular formula is C16H18BrN3O2. The molecule has 0 heterocycles. The summed E-state index contributed by atoms with van der Waals surface area (Å²) in [4.78, 5) is 12.8. The minimum Gasteiger partial charge on any atom is -0.375 e. The molecule has 2 aromatic rings. The molecule has 0 aromatic heterocycles. The number of rotatable bonds is 6. The number of nitro benzene ring substituents is 1. The summed E-state index contributed by atoms with van der Waals surface area (Å²) in [5.74, 6) is 0. The minimum atomic E-state index is -0.382. The van der Waals surface area contributed by atoms with Crippen molar-refractivity contribution in [3.05, 3.63) is 68.2 Å². The SMILES string of the molecule is CN(C)Cc1ccc(CNc2ccc(Br)cc2[N+](=O)[O-])cc1. The summed E-state index contributed by atoms with van der Waals surface area (Å²) in [7, 11) is 4.06. The van der Waals surface area contributed by atoms with E-state index in [1.807, 2.05) is 26.2 Å². The Morgan fingerprint density at radius 2 is 1.77 bits per heavy atom. The second kappa shape index (κ2) is 7.38. The summed E-state index contributed by atoms with van der Waals surface area (Å²) in [5, 5.41) is 14.2. The zero-order chi connectivity index (χ0) is 16.1. The van der Waals surface area contributed by atoms with Gasteiger partial charge in [-0.15, -0.1) is 0 Å². The molecule has 0 aliphatic rings. The summed E-state index contributed by atoms with van der Waals surface area (Å²) < 4.78 is 0.692. The number of nitro groups is 1. The summed E-state index contributed by atoms with van der Waals surface area (Å²) in [6, 6.07) is 13.2. The van der Waals surface area contributed by atoms with Gasteiger partial charge >= 0.3 is 0 Å². The Balaban J connectivity index is 2.05. The van der Waals surface area contributed by atoms with Crippen molar-refractivity contribution in [2.45, 2.75) is 13.1 Å². The first-order chi connectivity index (χ1) is 10.5. The fraction of sp³-hybridized carbons (Fsp3) is 0.250. The summed E-state index contributed by atoms with van der Waals surface area (Å²) >= 11 is 3.25. The summed E-state index contributed by atoms with van der Waals surface area (Å²) in [6.45, 7) is 1.44. The van der Waals surface area contributed by atoms with Gasteiger partial charge in [0.2, 0.25) is 0 Å². The predicted octanol–water partition coefficient (Wildman–Crippen LogP) is 4.03. The zero-order valence-electron chi connectivity index (χ0n) is 12.5. The lowest BCUT2D eigenvalue weighted by molar-refractivity contribution is -0.384. The molecule has 5 nitrogen and oxygen atoms in total. The Labute approximate surface area is 138 Å². The van der Waals surface area contributed by atoms with Gasteiger partial charge in [-0.05, 0) is 37.4 Å². The van der Waals surface area contributed by atoms with Crippen LogP contribution in [0.3, 0.4) is 0 Å². The number of hydrogen-bond donors (Lipinski definition) is 1. The van der Waals surface area contributed by atoms with E-state index in [9.17, 15) is 10.1 Å². The van der Waals surface area contributed by atoms with E-state index in [1.54, 1.807) is 12.1 Å². The molecular weight excluding hydrogens is 346 g/mol. The Morgan fingerprint density at radius 3 is 2.36 bits per heavy atom. The number of nitrogens with zero attached hydrogens (tertiary/aromatic N) is 2. The fourth-order valence-corrected chi connectivity index (χ4v) is 2.48. The number of nitrogens with one attached hydrogen (secondary N) is 1. The lowest BCUT2D eigenvalue weighted by atomic mass is 10.1. The first kappa shape index (κ1) is 16.5. The van der Waals surface area contributed by atoms with Crippen molar-refractivity contribution >= 4 is 27.3 Å². The molecule has 0 radical (unpaired) electrons. The topological polar surface area (TPSA) is 58.4 Å². The van der Waals surface area contributed by atoms with Crippen LogP contribution in [-0.2, 0) is 13.1 Å². The third-order valence-electron chi connectivity index (χ3n) is 3.16. The predicted molar refractivity (Wildman–Crippen MR) is 92.0 cm³/mol. The van der Waals surface area contributed by atoms with Crippen LogP contribution in [0.15, 0.2) is 46.9 Å². The van der Waals surface area contributed by atoms with Crippen LogP contribution in [0.4, 0.5) is 11.4 Å². The van der Waals surface area contributed by atoms with Crippen molar-refractivity contribution in [1.82, 2.24) is 4.90 Å². The van der Waals surface area contributed by atoms with Crippen molar-refractivity contribution in [1.29, 1.82) is 0 Å². The Morgan fingerprint density at radius 1 is 1.14 bits per heavy atom. The minimum absolute atomic E-state index is 0.0682. The average Bonchev–Trinajstić information content (AvgIpc) is 2.46. The molecule has 116 valence electrons. The van der Waals surface area contributed by atoms with Crippen LogP contribution in [0.1, 0.15) is 11.1 Å². The number of hydrogen-bond acceptors (Lipinski definition) is 4. The van der Waals surface area contributed by atoms with E-state index in [-0.39, 0.29) is 10.6 Å². The molecule has 0 aliphatic carbocycles. The van der Waals surface area contributed by atoms with Gasteiger partial charge in [-0.25, -0.2) is 0 Å². The van der Waals surface area contributed by atoms with Crippen molar-refractivity contribution < 1.29 is 4.92 Å². The molecule has 22 heavy (non-hydrogen) atoms. The standard InChI is InChI=1S/C16H18BrN3O2/c1-19(2)11-13-5-3-12(4-6-13)10-18-15-8-7-14(17)9-16(15)20(21)22/h3-9,18H,10-11H2,1-2H3. The Hall–Kier alpha value is -1.92. The maximum Gasteiger partial charge on any atom is 0.293 e. The number of anilines is 1. The quantitative estimate of drug-likeness (QED) is 0.621. The number of benzene rings is 2. The van der Waals surface area contributed by atoms with Gasteiger partial charge in [-0.2, -0.15) is 0 Å². The van der Waals surface area contributed by atoms with Crippen molar-refractivity contribution in [3.63, 3.8) is 0 Å². The van der Waals surface area contributed by atoms with E-state index in [1.165, 1.54) is 11.6 Å². The highest BCUT2D eigenvalue weighted by Gasteiger charge is 2.13. The second-order valence-electron chi connectivity index (χ2n) is 5.33. The smallest absolute Gasteiger partial charge is 0.293 e. The normalized spacial score (nSPS) is 10.7. The Kier molecular flexibility index (Phi) is 5.51. The van der Waals surface area contributed by atoms with Gasteiger partial charge in [0.1, 0.15) is 5.69 Å². The maximum atomic E-state index is 11.1. The molecule has 2 rings (SSSR count). The molecule has 0 spiro atoms. The summed E-state index contributed by atoms with van der Waals surface area (Å²) in [6.07, 6.45) is 0. The highest BCUT2D eigenvalue weighted by atomic mass is 79.9. The van der Waals surface area contributed by atoms with Crippen LogP contribution in [-0.4, -0.2) is 23.9 Å². The molecule has 0 amide bonds. The molecule has 0 atom stereocenters. The van der Waals surface area contributed by atoms with Crippen LogP contribution in [0.5, 0.6) is 0 Å². The van der Waals surface area contributed by atoms with Crippen LogP contribution in [0.2, 0.25) is 0 Å². The number of halogens is 1. The largest absolute Gasteiger partial charge is 0.375 e. The van der Waals surface area contributed by atoms with Gasteiger partial charge in [0.25, 0.3) is 5.69 Å². The first-order valence-corrected chi connectivity index (χ1v) is 7.65. The maximum absolute atomic E-state index is 11.1. The van der Waals surface area contributed by atoms with Crippen LogP contribution in [0, 0.1) is 10.1 Å². The lowest BCUT2D eigenvalue weighted by Gasteiger charge is -2.11. The van der Waals surface area contributed by atoms with Crippen LogP contribution in [0.25, 0.3) is 0 Å². The third-order valence-corrected chi connectivity index (χ3v) is 3.65. The van der Waals surface area contributed by atoms with Gasteiger partial charge < -0.3 is 10.2 Å². The molecule has 2 aromatic carbocycles. The van der Waals surface area contributed by atoms with Crippen LogP contribution < -0.4 is 5.32 Å². The van der Waals surface area contributed by atoms with Gasteiger partial charge in [0.05, 0.1) is 4.92 Å². The molecule has 0 saturated heterocycles. The molecule has 6 heteroatoms. The van der Waals surface area contributed by atoms with E-state index in [0.29, 0.717) is 16.7 Å². The van der Waals surface area contributed by atoms with Gasteiger partial charge in [-0.3, -0.25) is 10.1 Å². The second-order valence-corrected chi connectivity index (χ2v) is 6.24. The zero-order valence-corrected chi connectivity index (χ0v) is 14.1. The van der Waals surface area contributed by atoms with Gasteiger partial charge in [0, 0.05) is 23.6 Å². The molecule has 0 fully saturated rings. The molecule has 0 unspecified atom stereocenters. The monoisotopic (exact) mass is 363 g/mol. The first-order valence-electron chi connectivity index (χ1n) is 6.86. The van der Waals surface area contributed by atoms with Crippen molar-refractivity contribution in [3.8, 4) is 0 Å².